The molecule has 4 aliphatic rings. The maximum absolute atomic E-state index is 12.2. The van der Waals surface area contributed by atoms with E-state index >= 15 is 0 Å². The number of rotatable bonds is 7. The van der Waals surface area contributed by atoms with Crippen molar-refractivity contribution in [3.63, 3.8) is 0 Å². The van der Waals surface area contributed by atoms with Crippen LogP contribution < -0.4 is 15.5 Å². The first-order valence-corrected chi connectivity index (χ1v) is 15.6. The van der Waals surface area contributed by atoms with Gasteiger partial charge in [0.1, 0.15) is 0 Å². The van der Waals surface area contributed by atoms with E-state index in [0.717, 1.165) is 31.7 Å². The monoisotopic (exact) mass is 498 g/mol. The maximum Gasteiger partial charge on any atom is 0.153 e. The molecular weight excluding hydrogens is 460 g/mol. The summed E-state index contributed by atoms with van der Waals surface area (Å²) in [5, 5.41) is 0. The molecule has 4 aliphatic heterocycles. The fraction of sp³-hybridized carbons (Fsp3) is 0.739. The second kappa shape index (κ2) is 9.36. The highest BCUT2D eigenvalue weighted by Gasteiger charge is 2.45. The Kier molecular flexibility index (Phi) is 7.02. The summed E-state index contributed by atoms with van der Waals surface area (Å²) in [6.45, 7) is 9.25. The number of fused-ring (bicyclic) bond motifs is 4. The standard InChI is InChI=1S/C23H38N4O4S2/c1-23(2)15-19-16-25(8-12-32(28,29)11-7-24)18-22(23)27(17-19)21-5-3-20(4-6-21)26-9-13-33(30,31)14-10-26/h3-6,19,22H,7-18,24H2,1-2H3/t19-,22-/m1/s1. The average Bonchev–Trinajstić information content (AvgIpc) is 2.99. The molecule has 4 saturated heterocycles. The minimum Gasteiger partial charge on any atom is -0.369 e. The highest BCUT2D eigenvalue weighted by atomic mass is 32.2. The van der Waals surface area contributed by atoms with Gasteiger partial charge in [-0.15, -0.1) is 0 Å². The molecule has 10 heteroatoms. The van der Waals surface area contributed by atoms with Crippen LogP contribution in [0.1, 0.15) is 20.3 Å². The van der Waals surface area contributed by atoms with Crippen molar-refractivity contribution in [1.29, 1.82) is 0 Å². The Morgan fingerprint density at radius 1 is 1.00 bits per heavy atom. The number of nitrogens with zero attached hydrogens (tertiary/aromatic N) is 3. The molecule has 0 amide bonds. The summed E-state index contributed by atoms with van der Waals surface area (Å²) in [6, 6.07) is 8.84. The predicted octanol–water partition coefficient (Wildman–Crippen LogP) is 0.832. The topological polar surface area (TPSA) is 104 Å². The van der Waals surface area contributed by atoms with Gasteiger partial charge in [0.2, 0.25) is 0 Å². The molecule has 2 N–H and O–H groups in total. The largest absolute Gasteiger partial charge is 0.369 e. The van der Waals surface area contributed by atoms with E-state index in [9.17, 15) is 16.8 Å². The van der Waals surface area contributed by atoms with Crippen LogP contribution in [0.3, 0.4) is 0 Å². The van der Waals surface area contributed by atoms with Gasteiger partial charge in [-0.25, -0.2) is 16.8 Å². The van der Waals surface area contributed by atoms with Gasteiger partial charge in [0.15, 0.2) is 19.7 Å². The molecule has 1 aromatic carbocycles. The van der Waals surface area contributed by atoms with Gasteiger partial charge in [-0.05, 0) is 42.0 Å². The van der Waals surface area contributed by atoms with Crippen molar-refractivity contribution >= 4 is 31.0 Å². The van der Waals surface area contributed by atoms with E-state index in [-0.39, 0.29) is 35.0 Å². The quantitative estimate of drug-likeness (QED) is 0.590. The normalized spacial score (nSPS) is 27.5. The molecular formula is C23H38N4O4S2. The van der Waals surface area contributed by atoms with Crippen LogP contribution in [0.25, 0.3) is 0 Å². The zero-order chi connectivity index (χ0) is 23.9. The average molecular weight is 499 g/mol. The number of sulfone groups is 2. The van der Waals surface area contributed by atoms with Crippen molar-refractivity contribution in [3.05, 3.63) is 24.3 Å². The number of benzene rings is 1. The second-order valence-electron chi connectivity index (χ2n) is 10.6. The molecule has 0 unspecified atom stereocenters. The lowest BCUT2D eigenvalue weighted by Gasteiger charge is -2.48. The van der Waals surface area contributed by atoms with Crippen LogP contribution in [0.5, 0.6) is 0 Å². The van der Waals surface area contributed by atoms with E-state index < -0.39 is 19.7 Å². The third kappa shape index (κ3) is 5.83. The molecule has 8 nitrogen and oxygen atoms in total. The Bertz CT molecular complexity index is 1030. The van der Waals surface area contributed by atoms with Gasteiger partial charge in [-0.3, -0.25) is 4.90 Å². The zero-order valence-corrected chi connectivity index (χ0v) is 21.5. The molecule has 0 spiro atoms. The van der Waals surface area contributed by atoms with Crippen molar-refractivity contribution in [2.45, 2.75) is 26.3 Å². The summed E-state index contributed by atoms with van der Waals surface area (Å²) in [5.74, 6) is 1.15. The molecule has 5 rings (SSSR count). The third-order valence-electron chi connectivity index (χ3n) is 7.53. The lowest BCUT2D eigenvalue weighted by Crippen LogP contribution is -2.54. The minimum absolute atomic E-state index is 0.0562. The first-order chi connectivity index (χ1) is 15.5. The summed E-state index contributed by atoms with van der Waals surface area (Å²) in [7, 11) is -5.99. The van der Waals surface area contributed by atoms with Gasteiger partial charge in [0, 0.05) is 63.2 Å². The van der Waals surface area contributed by atoms with E-state index in [4.69, 9.17) is 5.73 Å². The second-order valence-corrected chi connectivity index (χ2v) is 15.2. The molecule has 0 saturated carbocycles. The maximum atomic E-state index is 12.2. The van der Waals surface area contributed by atoms with Crippen LogP contribution in [0.2, 0.25) is 0 Å². The van der Waals surface area contributed by atoms with Crippen LogP contribution in [0, 0.1) is 11.3 Å². The van der Waals surface area contributed by atoms with Crippen LogP contribution in [0.15, 0.2) is 24.3 Å². The van der Waals surface area contributed by atoms with E-state index in [0.29, 0.717) is 31.6 Å². The van der Waals surface area contributed by atoms with Crippen LogP contribution >= 0.6 is 0 Å². The highest BCUT2D eigenvalue weighted by Crippen LogP contribution is 2.43. The molecule has 186 valence electrons. The Labute approximate surface area is 198 Å². The van der Waals surface area contributed by atoms with Crippen LogP contribution in [0.4, 0.5) is 11.4 Å². The fourth-order valence-corrected chi connectivity index (χ4v) is 8.07. The van der Waals surface area contributed by atoms with Crippen LogP contribution in [-0.4, -0.2) is 96.6 Å². The molecule has 4 heterocycles. The smallest absolute Gasteiger partial charge is 0.153 e. The molecule has 0 aromatic heterocycles. The van der Waals surface area contributed by atoms with Gasteiger partial charge in [-0.2, -0.15) is 0 Å². The Balaban J connectivity index is 1.47. The minimum atomic E-state index is -3.10. The summed E-state index contributed by atoms with van der Waals surface area (Å²) in [6.07, 6.45) is 1.14. The fourth-order valence-electron chi connectivity index (χ4n) is 5.77. The van der Waals surface area contributed by atoms with E-state index in [1.807, 2.05) is 0 Å². The molecule has 1 aromatic rings. The summed E-state index contributed by atoms with van der Waals surface area (Å²) in [5.41, 5.74) is 7.85. The van der Waals surface area contributed by atoms with Gasteiger partial charge in [-0.1, -0.05) is 13.8 Å². The summed E-state index contributed by atoms with van der Waals surface area (Å²) >= 11 is 0. The number of nitrogens with two attached hydrogens (primary N) is 1. The zero-order valence-electron chi connectivity index (χ0n) is 19.8. The Morgan fingerprint density at radius 2 is 1.64 bits per heavy atom. The van der Waals surface area contributed by atoms with Gasteiger partial charge >= 0.3 is 0 Å². The molecule has 4 fully saturated rings. The van der Waals surface area contributed by atoms with Crippen molar-refractivity contribution in [2.24, 2.45) is 17.1 Å². The van der Waals surface area contributed by atoms with E-state index in [2.05, 4.69) is 52.8 Å². The highest BCUT2D eigenvalue weighted by molar-refractivity contribution is 7.91. The first kappa shape index (κ1) is 24.8. The van der Waals surface area contributed by atoms with E-state index in [1.165, 1.54) is 5.69 Å². The SMILES string of the molecule is CC1(C)C[C@@H]2CN(CCS(=O)(=O)CCN)C[C@H]1N(c1ccc(N3CCS(=O)(=O)CC3)cc1)C2. The summed E-state index contributed by atoms with van der Waals surface area (Å²) < 4.78 is 47.9. The summed E-state index contributed by atoms with van der Waals surface area (Å²) in [4.78, 5) is 6.99. The van der Waals surface area contributed by atoms with Gasteiger partial charge in [0.25, 0.3) is 0 Å². The number of hydrogen-bond acceptors (Lipinski definition) is 8. The first-order valence-electron chi connectivity index (χ1n) is 11.9. The van der Waals surface area contributed by atoms with Crippen LogP contribution in [-0.2, 0) is 19.7 Å². The van der Waals surface area contributed by atoms with Gasteiger partial charge < -0.3 is 15.5 Å². The molecule has 2 bridgehead atoms. The third-order valence-corrected chi connectivity index (χ3v) is 10.8. The molecule has 0 radical (unpaired) electrons. The van der Waals surface area contributed by atoms with Crippen molar-refractivity contribution in [3.8, 4) is 0 Å². The van der Waals surface area contributed by atoms with Crippen molar-refractivity contribution in [2.75, 3.05) is 78.6 Å². The predicted molar refractivity (Wildman–Crippen MR) is 134 cm³/mol. The Morgan fingerprint density at radius 3 is 2.27 bits per heavy atom. The number of hydrogen-bond donors (Lipinski definition) is 1. The lowest BCUT2D eigenvalue weighted by molar-refractivity contribution is 0.191. The molecule has 33 heavy (non-hydrogen) atoms. The molecule has 2 atom stereocenters. The van der Waals surface area contributed by atoms with Crippen molar-refractivity contribution in [1.82, 2.24) is 4.90 Å². The van der Waals surface area contributed by atoms with Crippen molar-refractivity contribution < 1.29 is 16.8 Å². The number of piperidine rings is 1. The lowest BCUT2D eigenvalue weighted by atomic mass is 9.73. The van der Waals surface area contributed by atoms with Gasteiger partial charge in [0.05, 0.1) is 23.0 Å². The van der Waals surface area contributed by atoms with E-state index in [1.54, 1.807) is 0 Å². The Hall–Kier alpha value is -1.36. The number of anilines is 2. The molecule has 0 aliphatic carbocycles.